The standard InChI is InChI=1S/C13H18N2O4/c1-3-10(16)6-7-14-13(17)11-8-9(2)4-5-12(11)15(18)19/h4-5,8,10,16H,3,6-7H2,1-2H3,(H,14,17). The summed E-state index contributed by atoms with van der Waals surface area (Å²) < 4.78 is 0. The van der Waals surface area contributed by atoms with Gasteiger partial charge in [0.25, 0.3) is 11.6 Å². The van der Waals surface area contributed by atoms with Gasteiger partial charge in [0.15, 0.2) is 0 Å². The van der Waals surface area contributed by atoms with Crippen molar-refractivity contribution in [3.8, 4) is 0 Å². The number of rotatable bonds is 6. The number of aliphatic hydroxyl groups is 1. The lowest BCUT2D eigenvalue weighted by Gasteiger charge is -2.09. The van der Waals surface area contributed by atoms with Gasteiger partial charge in [-0.2, -0.15) is 0 Å². The fourth-order valence-electron chi connectivity index (χ4n) is 1.64. The van der Waals surface area contributed by atoms with Crippen LogP contribution in [0.3, 0.4) is 0 Å². The Balaban J connectivity index is 2.76. The van der Waals surface area contributed by atoms with Crippen molar-refractivity contribution in [2.75, 3.05) is 6.54 Å². The van der Waals surface area contributed by atoms with Gasteiger partial charge in [-0.3, -0.25) is 14.9 Å². The smallest absolute Gasteiger partial charge is 0.282 e. The number of aliphatic hydroxyl groups excluding tert-OH is 1. The van der Waals surface area contributed by atoms with Gasteiger partial charge in [0, 0.05) is 12.6 Å². The summed E-state index contributed by atoms with van der Waals surface area (Å²) in [5, 5.41) is 22.8. The highest BCUT2D eigenvalue weighted by molar-refractivity contribution is 5.98. The summed E-state index contributed by atoms with van der Waals surface area (Å²) in [5.41, 5.74) is 0.625. The second kappa shape index (κ2) is 6.84. The monoisotopic (exact) mass is 266 g/mol. The molecule has 0 aromatic heterocycles. The van der Waals surface area contributed by atoms with Gasteiger partial charge in [-0.15, -0.1) is 0 Å². The van der Waals surface area contributed by atoms with Crippen molar-refractivity contribution in [1.82, 2.24) is 5.32 Å². The van der Waals surface area contributed by atoms with Crippen LogP contribution in [0.15, 0.2) is 18.2 Å². The van der Waals surface area contributed by atoms with Gasteiger partial charge < -0.3 is 10.4 Å². The quantitative estimate of drug-likeness (QED) is 0.606. The van der Waals surface area contributed by atoms with E-state index in [2.05, 4.69) is 5.32 Å². The predicted molar refractivity (Wildman–Crippen MR) is 71.1 cm³/mol. The van der Waals surface area contributed by atoms with Crippen LogP contribution in [-0.2, 0) is 0 Å². The molecule has 1 unspecified atom stereocenters. The summed E-state index contributed by atoms with van der Waals surface area (Å²) >= 11 is 0. The van der Waals surface area contributed by atoms with Crippen molar-refractivity contribution in [1.29, 1.82) is 0 Å². The zero-order chi connectivity index (χ0) is 14.4. The van der Waals surface area contributed by atoms with E-state index in [1.54, 1.807) is 13.0 Å². The lowest BCUT2D eigenvalue weighted by atomic mass is 10.1. The average Bonchev–Trinajstić information content (AvgIpc) is 2.37. The second-order valence-corrected chi connectivity index (χ2v) is 4.38. The van der Waals surface area contributed by atoms with Crippen LogP contribution >= 0.6 is 0 Å². The minimum Gasteiger partial charge on any atom is -0.393 e. The first-order valence-corrected chi connectivity index (χ1v) is 6.17. The summed E-state index contributed by atoms with van der Waals surface area (Å²) in [6, 6.07) is 4.41. The maximum atomic E-state index is 11.9. The van der Waals surface area contributed by atoms with E-state index >= 15 is 0 Å². The van der Waals surface area contributed by atoms with Crippen LogP contribution in [0.1, 0.15) is 35.7 Å². The van der Waals surface area contributed by atoms with Crippen molar-refractivity contribution >= 4 is 11.6 Å². The molecule has 1 aromatic carbocycles. The van der Waals surface area contributed by atoms with E-state index in [0.29, 0.717) is 19.4 Å². The third-order valence-corrected chi connectivity index (χ3v) is 2.83. The molecule has 0 radical (unpaired) electrons. The number of hydrogen-bond acceptors (Lipinski definition) is 4. The number of nitro benzene ring substituents is 1. The molecule has 1 aromatic rings. The molecule has 0 saturated heterocycles. The molecule has 1 atom stereocenters. The molecule has 1 rings (SSSR count). The third kappa shape index (κ3) is 4.33. The minimum atomic E-state index is -0.574. The summed E-state index contributed by atoms with van der Waals surface area (Å²) in [6.07, 6.45) is 0.579. The SMILES string of the molecule is CCC(O)CCNC(=O)c1cc(C)ccc1[N+](=O)[O-]. The molecule has 104 valence electrons. The summed E-state index contributed by atoms with van der Waals surface area (Å²) in [7, 11) is 0. The number of carbonyl (C=O) groups excluding carboxylic acids is 1. The molecule has 0 spiro atoms. The Hall–Kier alpha value is -1.95. The summed E-state index contributed by atoms with van der Waals surface area (Å²) in [6.45, 7) is 3.90. The van der Waals surface area contributed by atoms with Crippen molar-refractivity contribution in [2.45, 2.75) is 32.8 Å². The molecule has 0 heterocycles. The number of benzene rings is 1. The second-order valence-electron chi connectivity index (χ2n) is 4.38. The fraction of sp³-hybridized carbons (Fsp3) is 0.462. The number of nitro groups is 1. The van der Waals surface area contributed by atoms with E-state index in [1.165, 1.54) is 12.1 Å². The fourth-order valence-corrected chi connectivity index (χ4v) is 1.64. The molecule has 19 heavy (non-hydrogen) atoms. The molecule has 0 aliphatic rings. The maximum Gasteiger partial charge on any atom is 0.282 e. The largest absolute Gasteiger partial charge is 0.393 e. The van der Waals surface area contributed by atoms with Crippen LogP contribution in [0.4, 0.5) is 5.69 Å². The average molecular weight is 266 g/mol. The number of amides is 1. The Labute approximate surface area is 111 Å². The molecule has 6 heteroatoms. The van der Waals surface area contributed by atoms with Crippen molar-refractivity contribution in [3.63, 3.8) is 0 Å². The van der Waals surface area contributed by atoms with Gasteiger partial charge in [0.2, 0.25) is 0 Å². The molecule has 0 aliphatic heterocycles. The zero-order valence-electron chi connectivity index (χ0n) is 11.0. The van der Waals surface area contributed by atoms with Crippen molar-refractivity contribution < 1.29 is 14.8 Å². The van der Waals surface area contributed by atoms with Crippen molar-refractivity contribution in [3.05, 3.63) is 39.4 Å². The molecule has 0 bridgehead atoms. The summed E-state index contributed by atoms with van der Waals surface area (Å²) in [4.78, 5) is 22.2. The maximum absolute atomic E-state index is 11.9. The lowest BCUT2D eigenvalue weighted by Crippen LogP contribution is -2.27. The van der Waals surface area contributed by atoms with E-state index in [9.17, 15) is 20.0 Å². The van der Waals surface area contributed by atoms with Crippen LogP contribution in [0.25, 0.3) is 0 Å². The molecule has 6 nitrogen and oxygen atoms in total. The van der Waals surface area contributed by atoms with Crippen LogP contribution in [0.2, 0.25) is 0 Å². The van der Waals surface area contributed by atoms with Gasteiger partial charge >= 0.3 is 0 Å². The van der Waals surface area contributed by atoms with E-state index < -0.39 is 16.9 Å². The molecule has 0 saturated carbocycles. The Morgan fingerprint density at radius 3 is 2.79 bits per heavy atom. The van der Waals surface area contributed by atoms with Gasteiger partial charge in [-0.1, -0.05) is 13.0 Å². The zero-order valence-corrected chi connectivity index (χ0v) is 11.0. The molecule has 0 fully saturated rings. The van der Waals surface area contributed by atoms with Crippen molar-refractivity contribution in [2.24, 2.45) is 0 Å². The van der Waals surface area contributed by atoms with Gasteiger partial charge in [0.05, 0.1) is 11.0 Å². The first-order valence-electron chi connectivity index (χ1n) is 6.17. The highest BCUT2D eigenvalue weighted by Gasteiger charge is 2.19. The van der Waals surface area contributed by atoms with Crippen LogP contribution in [0.5, 0.6) is 0 Å². The lowest BCUT2D eigenvalue weighted by molar-refractivity contribution is -0.385. The van der Waals surface area contributed by atoms with Crippen LogP contribution < -0.4 is 5.32 Å². The number of carbonyl (C=O) groups is 1. The highest BCUT2D eigenvalue weighted by atomic mass is 16.6. The number of aryl methyl sites for hydroxylation is 1. The first-order chi connectivity index (χ1) is 8.95. The van der Waals surface area contributed by atoms with E-state index in [4.69, 9.17) is 0 Å². The molecule has 2 N–H and O–H groups in total. The van der Waals surface area contributed by atoms with E-state index in [0.717, 1.165) is 5.56 Å². The number of nitrogens with zero attached hydrogens (tertiary/aromatic N) is 1. The van der Waals surface area contributed by atoms with E-state index in [1.807, 2.05) is 6.92 Å². The van der Waals surface area contributed by atoms with Gasteiger partial charge in [0.1, 0.15) is 5.56 Å². The van der Waals surface area contributed by atoms with E-state index in [-0.39, 0.29) is 11.3 Å². The predicted octanol–water partition coefficient (Wildman–Crippen LogP) is 1.79. The minimum absolute atomic E-state index is 0.0518. The first kappa shape index (κ1) is 15.1. The molecule has 1 amide bonds. The van der Waals surface area contributed by atoms with Crippen LogP contribution in [0, 0.1) is 17.0 Å². The molecule has 0 aliphatic carbocycles. The Morgan fingerprint density at radius 2 is 2.21 bits per heavy atom. The van der Waals surface area contributed by atoms with Crippen LogP contribution in [-0.4, -0.2) is 28.6 Å². The topological polar surface area (TPSA) is 92.5 Å². The summed E-state index contributed by atoms with van der Waals surface area (Å²) in [5.74, 6) is -0.487. The Bertz CT molecular complexity index is 474. The molecular weight excluding hydrogens is 248 g/mol. The van der Waals surface area contributed by atoms with Gasteiger partial charge in [-0.25, -0.2) is 0 Å². The molecular formula is C13H18N2O4. The van der Waals surface area contributed by atoms with Gasteiger partial charge in [-0.05, 0) is 31.4 Å². The highest BCUT2D eigenvalue weighted by Crippen LogP contribution is 2.19. The Morgan fingerprint density at radius 1 is 1.53 bits per heavy atom. The third-order valence-electron chi connectivity index (χ3n) is 2.83. The number of hydrogen-bond donors (Lipinski definition) is 2. The normalized spacial score (nSPS) is 11.9. The number of nitrogens with one attached hydrogen (secondary N) is 1. The Kier molecular flexibility index (Phi) is 5.44.